The number of allylic oxidation sites excluding steroid dienone is 7. The van der Waals surface area contributed by atoms with Crippen LogP contribution in [-0.2, 0) is 9.53 Å². The largest absolute Gasteiger partial charge is 0.507 e. The monoisotopic (exact) mass is 965 g/mol. The van der Waals surface area contributed by atoms with E-state index < -0.39 is 36.8 Å². The van der Waals surface area contributed by atoms with Crippen molar-refractivity contribution < 1.29 is 47.6 Å². The molecule has 0 aliphatic heterocycles. The summed E-state index contributed by atoms with van der Waals surface area (Å²) in [6.07, 6.45) is 19.2. The number of aliphatic hydroxyl groups excluding tert-OH is 1. The van der Waals surface area contributed by atoms with Crippen molar-refractivity contribution in [2.24, 2.45) is 0 Å². The smallest absolute Gasteiger partial charge is 0.350 e. The normalized spacial score (nSPS) is 13.8. The molecule has 3 aromatic heterocycles. The molecule has 4 unspecified atom stereocenters. The van der Waals surface area contributed by atoms with Crippen molar-refractivity contribution in [2.75, 3.05) is 13.4 Å². The van der Waals surface area contributed by atoms with Crippen LogP contribution in [0.3, 0.4) is 0 Å². The third-order valence-corrected chi connectivity index (χ3v) is 12.6. The molecule has 14 heteroatoms. The molecule has 0 radical (unpaired) electrons. The van der Waals surface area contributed by atoms with Crippen molar-refractivity contribution in [3.05, 3.63) is 132 Å². The van der Waals surface area contributed by atoms with Crippen LogP contribution >= 0.6 is 0 Å². The van der Waals surface area contributed by atoms with Gasteiger partial charge in [-0.15, -0.1) is 0 Å². The topological polar surface area (TPSA) is 204 Å². The number of aldehydes is 1. The minimum absolute atomic E-state index is 0.00532. The summed E-state index contributed by atoms with van der Waals surface area (Å²) in [7, 11) is -1.11. The number of hydrogen-bond acceptors (Lipinski definition) is 13. The lowest BCUT2D eigenvalue weighted by atomic mass is 9.99. The number of aliphatic hydroxyl groups is 1. The van der Waals surface area contributed by atoms with Gasteiger partial charge in [0.1, 0.15) is 58.0 Å². The molecule has 0 aliphatic rings. The lowest BCUT2D eigenvalue weighted by Crippen LogP contribution is -2.22. The minimum Gasteiger partial charge on any atom is -0.507 e. The van der Waals surface area contributed by atoms with Crippen LogP contribution in [0.1, 0.15) is 184 Å². The summed E-state index contributed by atoms with van der Waals surface area (Å²) < 4.78 is 26.6. The number of carbonyl (C=O) groups is 2. The first kappa shape index (κ1) is 60.7. The maximum Gasteiger partial charge on any atom is 0.350 e. The number of ketones is 1. The number of aromatic hydroxyl groups is 2. The van der Waals surface area contributed by atoms with Gasteiger partial charge in [0.05, 0.1) is 6.07 Å². The molecule has 0 amide bonds. The van der Waals surface area contributed by atoms with Crippen molar-refractivity contribution in [1.29, 1.82) is 0 Å². The highest BCUT2D eigenvalue weighted by Crippen LogP contribution is 2.31. The van der Waals surface area contributed by atoms with Gasteiger partial charge in [-0.1, -0.05) is 110 Å². The Labute approximate surface area is 404 Å². The van der Waals surface area contributed by atoms with Crippen molar-refractivity contribution in [1.82, 2.24) is 0 Å². The van der Waals surface area contributed by atoms with Gasteiger partial charge in [-0.05, 0) is 77.3 Å². The van der Waals surface area contributed by atoms with Crippen molar-refractivity contribution in [3.63, 3.8) is 0 Å². The Hall–Kier alpha value is -5.31. The summed E-state index contributed by atoms with van der Waals surface area (Å²) in [5, 5.41) is 30.6. The van der Waals surface area contributed by atoms with E-state index in [1.807, 2.05) is 46.8 Å². The highest BCUT2D eigenvalue weighted by molar-refractivity contribution is 6.76. The molecule has 0 aliphatic carbocycles. The van der Waals surface area contributed by atoms with Gasteiger partial charge >= 0.3 is 16.9 Å². The first-order valence-corrected chi connectivity index (χ1v) is 27.7. The quantitative estimate of drug-likeness (QED) is 0.0130. The molecule has 3 aromatic rings. The van der Waals surface area contributed by atoms with Gasteiger partial charge < -0.3 is 42.8 Å². The van der Waals surface area contributed by atoms with Gasteiger partial charge in [0.2, 0.25) is 0 Å². The summed E-state index contributed by atoms with van der Waals surface area (Å²) in [4.78, 5) is 57.6. The van der Waals surface area contributed by atoms with Crippen LogP contribution in [0.4, 0.5) is 0 Å². The molecule has 0 saturated carbocycles. The molecule has 0 saturated heterocycles. The first-order chi connectivity index (χ1) is 32.1. The fraction of sp³-hybridized carbons (Fsp3) is 0.537. The molecule has 4 atom stereocenters. The molecule has 3 N–H and O–H groups in total. The third-order valence-electron chi connectivity index (χ3n) is 10.9. The standard InChI is InChI=1S/C22H32O4.C16H26O5Si.C16H22O4/c1-6-8-9-11-16(4)19-14-18(23)20(22(25)26-19)21(24)17(5)13-12-15(3)10-7-2;1-13(6-5-7-17)15-10-14(11-16(18)21-15)20-12-19-8-9-22(2,3)4;1-4-6-7-8-9-11(3)14-10-13(18)15(12(17)5-2)16(19)20-14/h6,8,12-14,16,21,23-24H,7,9-11H2,1-5H3;7,10-11,13H,5-6,8-9,12H2,1-4H3;6-7,10-11,18H,4-5,8-9H2,1-3H3/b8-6+,15-12+,17-13+;;7-6+. The van der Waals surface area contributed by atoms with Gasteiger partial charge in [0.25, 0.3) is 0 Å². The fourth-order valence-electron chi connectivity index (χ4n) is 6.48. The van der Waals surface area contributed by atoms with Crippen LogP contribution in [0.25, 0.3) is 0 Å². The van der Waals surface area contributed by atoms with Crippen molar-refractivity contribution >= 4 is 20.1 Å². The van der Waals surface area contributed by atoms with E-state index in [1.54, 1.807) is 26.0 Å². The first-order valence-electron chi connectivity index (χ1n) is 24.0. The van der Waals surface area contributed by atoms with E-state index >= 15 is 0 Å². The van der Waals surface area contributed by atoms with E-state index in [0.717, 1.165) is 57.3 Å². The van der Waals surface area contributed by atoms with E-state index in [4.69, 9.17) is 22.7 Å². The summed E-state index contributed by atoms with van der Waals surface area (Å²) in [5.41, 5.74) is -0.459. The molecule has 3 heterocycles. The molecule has 0 spiro atoms. The zero-order chi connectivity index (χ0) is 51.4. The lowest BCUT2D eigenvalue weighted by molar-refractivity contribution is -0.108. The second-order valence-corrected chi connectivity index (χ2v) is 24.0. The second-order valence-electron chi connectivity index (χ2n) is 18.3. The van der Waals surface area contributed by atoms with E-state index in [1.165, 1.54) is 23.8 Å². The predicted molar refractivity (Wildman–Crippen MR) is 273 cm³/mol. The maximum absolute atomic E-state index is 12.3. The SMILES string of the molecule is C/C=C/CCC(C)c1cc(O)c(C(O)/C(C)=C/C=C(\C)CCC)c(=O)o1.CC(CCC=O)c1cc(OCOCC[Si](C)(C)C)cc(=O)o1.CC/C=C/CCC(C)c1cc(O)c(C(=O)CC)c(=O)o1. The van der Waals surface area contributed by atoms with Crippen LogP contribution in [0.15, 0.2) is 99.5 Å². The molecule has 3 rings (SSSR count). The van der Waals surface area contributed by atoms with Gasteiger partial charge in [0.15, 0.2) is 12.6 Å². The highest BCUT2D eigenvalue weighted by atomic mass is 28.3. The maximum atomic E-state index is 12.3. The average Bonchev–Trinajstić information content (AvgIpc) is 3.27. The van der Waals surface area contributed by atoms with Crippen molar-refractivity contribution in [2.45, 2.75) is 176 Å². The highest BCUT2D eigenvalue weighted by Gasteiger charge is 2.23. The lowest BCUT2D eigenvalue weighted by Gasteiger charge is -2.15. The second kappa shape index (κ2) is 32.4. The summed E-state index contributed by atoms with van der Waals surface area (Å²) in [6, 6.07) is 6.90. The predicted octanol–water partition coefficient (Wildman–Crippen LogP) is 12.7. The summed E-state index contributed by atoms with van der Waals surface area (Å²) in [6.45, 7) is 25.0. The molecule has 378 valence electrons. The Bertz CT molecular complexity index is 2290. The molecule has 68 heavy (non-hydrogen) atoms. The van der Waals surface area contributed by atoms with Crippen molar-refractivity contribution in [3.8, 4) is 17.2 Å². The van der Waals surface area contributed by atoms with Gasteiger partial charge in [-0.25, -0.2) is 14.4 Å². The number of rotatable bonds is 26. The Morgan fingerprint density at radius 1 is 0.765 bits per heavy atom. The van der Waals surface area contributed by atoms with Gasteiger partial charge in [-0.3, -0.25) is 4.79 Å². The van der Waals surface area contributed by atoms with Crippen LogP contribution in [-0.4, -0.2) is 48.9 Å². The number of Topliss-reactive ketones (excluding diaryl/α,β-unsaturated/α-hetero) is 1. The zero-order valence-electron chi connectivity index (χ0n) is 42.8. The fourth-order valence-corrected chi connectivity index (χ4v) is 7.24. The number of ether oxygens (including phenoxy) is 2. The molecule has 0 aromatic carbocycles. The summed E-state index contributed by atoms with van der Waals surface area (Å²) in [5.74, 6) is 0.952. The Kier molecular flexibility index (Phi) is 29.0. The van der Waals surface area contributed by atoms with Crippen LogP contribution < -0.4 is 21.6 Å². The van der Waals surface area contributed by atoms with E-state index in [0.29, 0.717) is 48.1 Å². The minimum atomic E-state index is -1.19. The Morgan fingerprint density at radius 2 is 1.34 bits per heavy atom. The van der Waals surface area contributed by atoms with Crippen LogP contribution in [0.5, 0.6) is 17.2 Å². The van der Waals surface area contributed by atoms with Crippen LogP contribution in [0.2, 0.25) is 25.7 Å². The third kappa shape index (κ3) is 23.1. The zero-order valence-corrected chi connectivity index (χ0v) is 43.8. The van der Waals surface area contributed by atoms with E-state index in [9.17, 15) is 39.3 Å². The van der Waals surface area contributed by atoms with E-state index in [2.05, 4.69) is 51.7 Å². The van der Waals surface area contributed by atoms with Crippen LogP contribution in [0, 0.1) is 0 Å². The molecular formula is C54H80O13Si. The number of carbonyl (C=O) groups excluding carboxylic acids is 2. The van der Waals surface area contributed by atoms with Gasteiger partial charge in [-0.2, -0.15) is 0 Å². The van der Waals surface area contributed by atoms with E-state index in [-0.39, 0.29) is 53.6 Å². The van der Waals surface area contributed by atoms with Gasteiger partial charge in [0, 0.05) is 63.5 Å². The molecular weight excluding hydrogens is 885 g/mol. The number of hydrogen-bond donors (Lipinski definition) is 3. The molecule has 13 nitrogen and oxygen atoms in total. The molecule has 0 fully saturated rings. The molecule has 0 bridgehead atoms. The Morgan fingerprint density at radius 3 is 1.87 bits per heavy atom. The summed E-state index contributed by atoms with van der Waals surface area (Å²) >= 11 is 0. The Balaban J connectivity index is 0.000000515. The average molecular weight is 965 g/mol.